The third kappa shape index (κ3) is 4.25. The molecule has 4 atom stereocenters. The Balaban J connectivity index is 1.32. The van der Waals surface area contributed by atoms with Crippen LogP contribution in [-0.4, -0.2) is 28.8 Å². The van der Waals surface area contributed by atoms with Crippen LogP contribution in [0.5, 0.6) is 0 Å². The normalized spacial score (nSPS) is 22.9. The van der Waals surface area contributed by atoms with Crippen LogP contribution in [-0.2, 0) is 9.59 Å². The van der Waals surface area contributed by atoms with E-state index in [9.17, 15) is 24.3 Å². The van der Waals surface area contributed by atoms with Crippen LogP contribution in [0.4, 0.5) is 5.69 Å². The second-order valence-corrected chi connectivity index (χ2v) is 8.18. The van der Waals surface area contributed by atoms with Crippen LogP contribution >= 0.6 is 0 Å². The summed E-state index contributed by atoms with van der Waals surface area (Å²) in [5.74, 6) is -4.08. The van der Waals surface area contributed by atoms with Crippen molar-refractivity contribution in [2.45, 2.75) is 13.3 Å². The highest BCUT2D eigenvalue weighted by molar-refractivity contribution is 6.04. The minimum absolute atomic E-state index is 0.130. The van der Waals surface area contributed by atoms with Crippen LogP contribution in [0.25, 0.3) is 0 Å². The van der Waals surface area contributed by atoms with Gasteiger partial charge in [-0.3, -0.25) is 30.0 Å². The number of fused-ring (bicyclic) bond motifs is 2. The first kappa shape index (κ1) is 21.3. The Morgan fingerprint density at radius 1 is 0.781 bits per heavy atom. The monoisotopic (exact) mass is 433 g/mol. The number of allylic oxidation sites excluding steroid dienone is 2. The van der Waals surface area contributed by atoms with Gasteiger partial charge >= 0.3 is 5.97 Å². The van der Waals surface area contributed by atoms with Crippen LogP contribution in [0.15, 0.2) is 60.7 Å². The van der Waals surface area contributed by atoms with Crippen LogP contribution in [0, 0.1) is 30.6 Å². The van der Waals surface area contributed by atoms with Gasteiger partial charge < -0.3 is 10.4 Å². The molecular weight excluding hydrogens is 410 g/mol. The van der Waals surface area contributed by atoms with Gasteiger partial charge in [0.1, 0.15) is 0 Å². The van der Waals surface area contributed by atoms with E-state index in [1.807, 2.05) is 31.2 Å². The van der Waals surface area contributed by atoms with E-state index in [1.54, 1.807) is 24.3 Å². The molecule has 8 heteroatoms. The van der Waals surface area contributed by atoms with E-state index in [4.69, 9.17) is 0 Å². The first-order chi connectivity index (χ1) is 15.3. The second kappa shape index (κ2) is 8.66. The summed E-state index contributed by atoms with van der Waals surface area (Å²) in [6.07, 6.45) is 4.36. The van der Waals surface area contributed by atoms with Crippen LogP contribution in [0.1, 0.15) is 32.7 Å². The van der Waals surface area contributed by atoms with Gasteiger partial charge in [0.25, 0.3) is 11.8 Å². The van der Waals surface area contributed by atoms with Crippen molar-refractivity contribution < 1.29 is 24.3 Å². The second-order valence-electron chi connectivity index (χ2n) is 8.18. The maximum absolute atomic E-state index is 12.5. The molecule has 164 valence electrons. The molecule has 0 unspecified atom stereocenters. The number of hydrazine groups is 1. The molecule has 32 heavy (non-hydrogen) atoms. The summed E-state index contributed by atoms with van der Waals surface area (Å²) in [4.78, 5) is 48.8. The molecule has 2 aromatic rings. The molecule has 0 aliphatic heterocycles. The minimum Gasteiger partial charge on any atom is -0.481 e. The maximum atomic E-state index is 12.5. The van der Waals surface area contributed by atoms with E-state index in [0.29, 0.717) is 17.7 Å². The number of hydrogen-bond donors (Lipinski definition) is 4. The first-order valence-corrected chi connectivity index (χ1v) is 10.3. The lowest BCUT2D eigenvalue weighted by molar-refractivity contribution is -0.148. The molecule has 2 aromatic carbocycles. The topological polar surface area (TPSA) is 125 Å². The Bertz CT molecular complexity index is 1090. The summed E-state index contributed by atoms with van der Waals surface area (Å²) in [5, 5.41) is 12.2. The van der Waals surface area contributed by atoms with Crippen molar-refractivity contribution >= 4 is 29.4 Å². The lowest BCUT2D eigenvalue weighted by Gasteiger charge is -2.23. The molecule has 2 bridgehead atoms. The van der Waals surface area contributed by atoms with E-state index < -0.39 is 29.6 Å². The zero-order valence-electron chi connectivity index (χ0n) is 17.4. The average Bonchev–Trinajstić information content (AvgIpc) is 3.40. The fraction of sp³-hybridized carbons (Fsp3) is 0.250. The SMILES string of the molecule is Cc1ccc(C(=O)Nc2ccc(C(=O)NNC(=O)[C@@H]3[C@@H](C(=O)O)[C@H]4C=C[C@H]3C4)cc2)cc1. The number of carboxylic acids is 1. The average molecular weight is 433 g/mol. The van der Waals surface area contributed by atoms with Crippen molar-refractivity contribution in [1.29, 1.82) is 0 Å². The van der Waals surface area contributed by atoms with Crippen LogP contribution in [0.2, 0.25) is 0 Å². The van der Waals surface area contributed by atoms with Crippen molar-refractivity contribution in [1.82, 2.24) is 10.9 Å². The quantitative estimate of drug-likeness (QED) is 0.426. The van der Waals surface area contributed by atoms with E-state index in [2.05, 4.69) is 16.2 Å². The maximum Gasteiger partial charge on any atom is 0.307 e. The molecule has 1 fully saturated rings. The number of hydrogen-bond acceptors (Lipinski definition) is 4. The zero-order chi connectivity index (χ0) is 22.8. The zero-order valence-corrected chi connectivity index (χ0v) is 17.4. The highest BCUT2D eigenvalue weighted by atomic mass is 16.4. The summed E-state index contributed by atoms with van der Waals surface area (Å²) >= 11 is 0. The molecule has 0 radical (unpaired) electrons. The predicted octanol–water partition coefficient (Wildman–Crippen LogP) is 2.53. The van der Waals surface area contributed by atoms with E-state index in [0.717, 1.165) is 5.56 Å². The molecule has 0 saturated heterocycles. The van der Waals surface area contributed by atoms with Gasteiger partial charge in [0.2, 0.25) is 5.91 Å². The number of carboxylic acid groups (broad SMARTS) is 1. The number of carbonyl (C=O) groups is 4. The molecule has 8 nitrogen and oxygen atoms in total. The van der Waals surface area contributed by atoms with Gasteiger partial charge in [-0.2, -0.15) is 0 Å². The number of aliphatic carboxylic acids is 1. The first-order valence-electron chi connectivity index (χ1n) is 10.3. The van der Waals surface area contributed by atoms with E-state index in [-0.39, 0.29) is 23.3 Å². The highest BCUT2D eigenvalue weighted by Gasteiger charge is 2.51. The van der Waals surface area contributed by atoms with Gasteiger partial charge in [0.15, 0.2) is 0 Å². The summed E-state index contributed by atoms with van der Waals surface area (Å²) in [7, 11) is 0. The fourth-order valence-corrected chi connectivity index (χ4v) is 4.40. The number of aryl methyl sites for hydroxylation is 1. The van der Waals surface area contributed by atoms with Crippen molar-refractivity contribution in [3.8, 4) is 0 Å². The van der Waals surface area contributed by atoms with Crippen molar-refractivity contribution in [2.75, 3.05) is 5.32 Å². The minimum atomic E-state index is -1.00. The van der Waals surface area contributed by atoms with Crippen molar-refractivity contribution in [2.24, 2.45) is 23.7 Å². The molecule has 3 amide bonds. The van der Waals surface area contributed by atoms with E-state index in [1.165, 1.54) is 12.1 Å². The lowest BCUT2D eigenvalue weighted by Crippen LogP contribution is -2.48. The molecule has 1 saturated carbocycles. The van der Waals surface area contributed by atoms with Crippen LogP contribution in [0.3, 0.4) is 0 Å². The van der Waals surface area contributed by atoms with Gasteiger partial charge in [-0.05, 0) is 61.6 Å². The number of benzene rings is 2. The van der Waals surface area contributed by atoms with Crippen molar-refractivity contribution in [3.63, 3.8) is 0 Å². The van der Waals surface area contributed by atoms with Crippen molar-refractivity contribution in [3.05, 3.63) is 77.4 Å². The predicted molar refractivity (Wildman–Crippen MR) is 117 cm³/mol. The Hall–Kier alpha value is -3.94. The molecule has 0 heterocycles. The summed E-state index contributed by atoms with van der Waals surface area (Å²) in [5.41, 5.74) is 7.08. The number of amides is 3. The third-order valence-corrected chi connectivity index (χ3v) is 6.07. The third-order valence-electron chi connectivity index (χ3n) is 6.07. The summed E-state index contributed by atoms with van der Waals surface area (Å²) in [6, 6.07) is 13.4. The number of carbonyl (C=O) groups excluding carboxylic acids is 3. The lowest BCUT2D eigenvalue weighted by atomic mass is 9.82. The number of nitrogens with one attached hydrogen (secondary N) is 3. The Labute approximate surface area is 184 Å². The Morgan fingerprint density at radius 3 is 1.97 bits per heavy atom. The summed E-state index contributed by atoms with van der Waals surface area (Å²) < 4.78 is 0. The smallest absolute Gasteiger partial charge is 0.307 e. The Kier molecular flexibility index (Phi) is 5.77. The molecule has 0 spiro atoms. The molecule has 4 rings (SSSR count). The number of anilines is 1. The number of rotatable bonds is 5. The largest absolute Gasteiger partial charge is 0.481 e. The standard InChI is InChI=1S/C24H23N3O5/c1-13-2-4-14(5-3-13)21(28)25-18-10-8-15(9-11-18)22(29)26-27-23(30)19-16-6-7-17(12-16)20(19)24(31)32/h2-11,16-17,19-20H,12H2,1H3,(H,25,28)(H,26,29)(H,27,30)(H,31,32)/t16-,17-,19-,20-/m0/s1. The molecule has 0 aromatic heterocycles. The fourth-order valence-electron chi connectivity index (χ4n) is 4.40. The Morgan fingerprint density at radius 2 is 1.34 bits per heavy atom. The molecule has 2 aliphatic rings. The van der Waals surface area contributed by atoms with Gasteiger partial charge in [0.05, 0.1) is 11.8 Å². The van der Waals surface area contributed by atoms with Crippen LogP contribution < -0.4 is 16.2 Å². The van der Waals surface area contributed by atoms with E-state index >= 15 is 0 Å². The highest BCUT2D eigenvalue weighted by Crippen LogP contribution is 2.48. The molecular formula is C24H23N3O5. The van der Waals surface area contributed by atoms with Gasteiger partial charge in [-0.15, -0.1) is 0 Å². The molecule has 4 N–H and O–H groups in total. The van der Waals surface area contributed by atoms with Gasteiger partial charge in [-0.1, -0.05) is 29.8 Å². The van der Waals surface area contributed by atoms with Gasteiger partial charge in [-0.25, -0.2) is 0 Å². The molecule has 2 aliphatic carbocycles. The van der Waals surface area contributed by atoms with Gasteiger partial charge in [0, 0.05) is 16.8 Å². The summed E-state index contributed by atoms with van der Waals surface area (Å²) in [6.45, 7) is 1.94.